The molecular weight excluding hydrogens is 302 g/mol. The minimum absolute atomic E-state index is 0.231. The summed E-state index contributed by atoms with van der Waals surface area (Å²) in [6.45, 7) is 4.06. The third kappa shape index (κ3) is 4.62. The number of ether oxygens (including phenoxy) is 2. The number of benzene rings is 1. The fourth-order valence-corrected chi connectivity index (χ4v) is 2.23. The van der Waals surface area contributed by atoms with Crippen molar-refractivity contribution >= 4 is 12.2 Å². The van der Waals surface area contributed by atoms with Crippen molar-refractivity contribution in [3.8, 4) is 17.2 Å². The number of hydrogen-bond donors (Lipinski definition) is 1. The van der Waals surface area contributed by atoms with Gasteiger partial charge in [-0.2, -0.15) is 0 Å². The largest absolute Gasteiger partial charge is 0.507 e. The third-order valence-corrected chi connectivity index (χ3v) is 3.58. The normalized spacial score (nSPS) is 10.7. The molecule has 1 N–H and O–H groups in total. The van der Waals surface area contributed by atoms with Crippen LogP contribution in [0.2, 0.25) is 0 Å². The van der Waals surface area contributed by atoms with E-state index in [0.717, 1.165) is 22.6 Å². The lowest BCUT2D eigenvalue weighted by Crippen LogP contribution is -1.93. The summed E-state index contributed by atoms with van der Waals surface area (Å²) in [6, 6.07) is 7.37. The van der Waals surface area contributed by atoms with Gasteiger partial charge in [0.15, 0.2) is 0 Å². The van der Waals surface area contributed by atoms with Gasteiger partial charge in [-0.25, -0.2) is 0 Å². The number of phenolic OH excluding ortho intramolecular Hbond substituents is 1. The second-order valence-corrected chi connectivity index (χ2v) is 5.66. The van der Waals surface area contributed by atoms with Crippen LogP contribution in [-0.2, 0) is 6.42 Å². The van der Waals surface area contributed by atoms with Crippen molar-refractivity contribution in [3.05, 3.63) is 58.9 Å². The number of allylic oxidation sites excluding steroid dienone is 2. The second kappa shape index (κ2) is 8.20. The van der Waals surface area contributed by atoms with E-state index >= 15 is 0 Å². The maximum Gasteiger partial charge on any atom is 0.137 e. The van der Waals surface area contributed by atoms with Gasteiger partial charge in [-0.15, -0.1) is 0 Å². The molecule has 24 heavy (non-hydrogen) atoms. The van der Waals surface area contributed by atoms with Crippen molar-refractivity contribution in [3.63, 3.8) is 0 Å². The summed E-state index contributed by atoms with van der Waals surface area (Å²) in [4.78, 5) is 4.28. The monoisotopic (exact) mass is 325 g/mol. The van der Waals surface area contributed by atoms with Crippen LogP contribution in [0.5, 0.6) is 17.2 Å². The zero-order valence-corrected chi connectivity index (χ0v) is 14.5. The molecule has 1 aromatic heterocycles. The molecule has 4 heteroatoms. The fourth-order valence-electron chi connectivity index (χ4n) is 2.23. The number of aromatic hydroxyl groups is 1. The summed E-state index contributed by atoms with van der Waals surface area (Å²) in [7, 11) is 3.22. The lowest BCUT2D eigenvalue weighted by atomic mass is 10.0. The summed E-state index contributed by atoms with van der Waals surface area (Å²) in [5.41, 5.74) is 3.65. The Labute approximate surface area is 143 Å². The van der Waals surface area contributed by atoms with Gasteiger partial charge < -0.3 is 14.6 Å². The van der Waals surface area contributed by atoms with Crippen molar-refractivity contribution in [2.75, 3.05) is 14.2 Å². The summed E-state index contributed by atoms with van der Waals surface area (Å²) < 4.78 is 10.5. The van der Waals surface area contributed by atoms with E-state index < -0.39 is 0 Å². The van der Waals surface area contributed by atoms with Gasteiger partial charge in [0.05, 0.1) is 26.1 Å². The molecule has 0 bridgehead atoms. The number of nitrogens with zero attached hydrogens (tertiary/aromatic N) is 1. The van der Waals surface area contributed by atoms with Crippen LogP contribution in [0.1, 0.15) is 30.7 Å². The number of rotatable bonds is 6. The molecule has 1 heterocycles. The maximum absolute atomic E-state index is 10.3. The first kappa shape index (κ1) is 17.6. The van der Waals surface area contributed by atoms with Crippen molar-refractivity contribution in [2.45, 2.75) is 20.3 Å². The van der Waals surface area contributed by atoms with Crippen LogP contribution >= 0.6 is 0 Å². The smallest absolute Gasteiger partial charge is 0.137 e. The Balaban J connectivity index is 2.25. The van der Waals surface area contributed by atoms with E-state index in [1.54, 1.807) is 26.5 Å². The molecule has 0 saturated heterocycles. The van der Waals surface area contributed by atoms with Gasteiger partial charge >= 0.3 is 0 Å². The summed E-state index contributed by atoms with van der Waals surface area (Å²) in [5, 5.41) is 10.3. The lowest BCUT2D eigenvalue weighted by molar-refractivity contribution is 0.401. The van der Waals surface area contributed by atoms with Crippen LogP contribution < -0.4 is 9.47 Å². The SMILES string of the molecule is COc1ccc(/C=C/c2cc(O)c(CC=C(C)C)c(OC)c2)nc1. The number of pyridine rings is 1. The van der Waals surface area contributed by atoms with Crippen LogP contribution in [0.25, 0.3) is 12.2 Å². The minimum Gasteiger partial charge on any atom is -0.507 e. The van der Waals surface area contributed by atoms with Crippen LogP contribution in [0, 0.1) is 0 Å². The average Bonchev–Trinajstić information content (AvgIpc) is 2.58. The van der Waals surface area contributed by atoms with Gasteiger partial charge in [-0.05, 0) is 56.2 Å². The molecule has 1 aromatic carbocycles. The maximum atomic E-state index is 10.3. The molecule has 0 spiro atoms. The predicted molar refractivity (Wildman–Crippen MR) is 97.5 cm³/mol. The van der Waals surface area contributed by atoms with Crippen molar-refractivity contribution < 1.29 is 14.6 Å². The van der Waals surface area contributed by atoms with Gasteiger partial charge in [0.2, 0.25) is 0 Å². The number of methoxy groups -OCH3 is 2. The Bertz CT molecular complexity index is 742. The molecule has 0 aliphatic rings. The lowest BCUT2D eigenvalue weighted by Gasteiger charge is -2.10. The summed E-state index contributed by atoms with van der Waals surface area (Å²) in [5.74, 6) is 1.62. The van der Waals surface area contributed by atoms with Crippen LogP contribution in [0.3, 0.4) is 0 Å². The molecule has 4 nitrogen and oxygen atoms in total. The number of phenols is 1. The molecule has 0 aliphatic carbocycles. The van der Waals surface area contributed by atoms with Crippen LogP contribution in [0.15, 0.2) is 42.1 Å². The second-order valence-electron chi connectivity index (χ2n) is 5.66. The molecule has 2 rings (SSSR count). The van der Waals surface area contributed by atoms with E-state index in [1.165, 1.54) is 5.57 Å². The highest BCUT2D eigenvalue weighted by molar-refractivity contribution is 5.70. The summed E-state index contributed by atoms with van der Waals surface area (Å²) in [6.07, 6.45) is 8.14. The van der Waals surface area contributed by atoms with Crippen LogP contribution in [-0.4, -0.2) is 24.3 Å². The van der Waals surface area contributed by atoms with E-state index in [2.05, 4.69) is 11.1 Å². The molecule has 0 saturated carbocycles. The molecular formula is C20H23NO3. The number of hydrogen-bond acceptors (Lipinski definition) is 4. The summed E-state index contributed by atoms with van der Waals surface area (Å²) >= 11 is 0. The zero-order chi connectivity index (χ0) is 17.5. The van der Waals surface area contributed by atoms with Gasteiger partial charge in [0, 0.05) is 5.56 Å². The van der Waals surface area contributed by atoms with Gasteiger partial charge in [-0.3, -0.25) is 4.98 Å². The van der Waals surface area contributed by atoms with Gasteiger partial charge in [0.1, 0.15) is 17.2 Å². The Kier molecular flexibility index (Phi) is 6.01. The fraction of sp³-hybridized carbons (Fsp3) is 0.250. The molecule has 0 atom stereocenters. The Morgan fingerprint density at radius 1 is 1.12 bits per heavy atom. The van der Waals surface area contributed by atoms with Crippen molar-refractivity contribution in [1.29, 1.82) is 0 Å². The first-order valence-corrected chi connectivity index (χ1v) is 7.75. The van der Waals surface area contributed by atoms with Crippen LogP contribution in [0.4, 0.5) is 0 Å². The first-order chi connectivity index (χ1) is 11.5. The van der Waals surface area contributed by atoms with E-state index in [4.69, 9.17) is 9.47 Å². The third-order valence-electron chi connectivity index (χ3n) is 3.58. The van der Waals surface area contributed by atoms with Gasteiger partial charge in [-0.1, -0.05) is 17.7 Å². The van der Waals surface area contributed by atoms with E-state index in [-0.39, 0.29) is 5.75 Å². The standard InChI is InChI=1S/C20H23NO3/c1-14(2)5-10-18-19(22)11-15(12-20(18)24-4)6-7-16-8-9-17(23-3)13-21-16/h5-9,11-13,22H,10H2,1-4H3/b7-6+. The molecule has 2 aromatic rings. The van der Waals surface area contributed by atoms with E-state index in [1.807, 2.05) is 44.2 Å². The molecule has 0 fully saturated rings. The Morgan fingerprint density at radius 3 is 2.50 bits per heavy atom. The molecule has 126 valence electrons. The zero-order valence-electron chi connectivity index (χ0n) is 14.5. The highest BCUT2D eigenvalue weighted by Gasteiger charge is 2.09. The molecule has 0 unspecified atom stereocenters. The van der Waals surface area contributed by atoms with Crippen molar-refractivity contribution in [1.82, 2.24) is 4.98 Å². The Hall–Kier alpha value is -2.75. The number of aromatic nitrogens is 1. The van der Waals surface area contributed by atoms with Gasteiger partial charge in [0.25, 0.3) is 0 Å². The van der Waals surface area contributed by atoms with E-state index in [0.29, 0.717) is 12.2 Å². The first-order valence-electron chi connectivity index (χ1n) is 7.75. The highest BCUT2D eigenvalue weighted by atomic mass is 16.5. The molecule has 0 aliphatic heterocycles. The minimum atomic E-state index is 0.231. The molecule has 0 amide bonds. The predicted octanol–water partition coefficient (Wildman–Crippen LogP) is 4.48. The average molecular weight is 325 g/mol. The van der Waals surface area contributed by atoms with Crippen molar-refractivity contribution in [2.24, 2.45) is 0 Å². The topological polar surface area (TPSA) is 51.6 Å². The quantitative estimate of drug-likeness (QED) is 0.795. The highest BCUT2D eigenvalue weighted by Crippen LogP contribution is 2.31. The van der Waals surface area contributed by atoms with E-state index in [9.17, 15) is 5.11 Å². The Morgan fingerprint density at radius 2 is 1.92 bits per heavy atom. The molecule has 0 radical (unpaired) electrons.